The average molecular weight is 240 g/mol. The van der Waals surface area contributed by atoms with E-state index in [1.165, 1.54) is 4.88 Å². The summed E-state index contributed by atoms with van der Waals surface area (Å²) in [4.78, 5) is 5.39. The Kier molecular flexibility index (Phi) is 3.62. The van der Waals surface area contributed by atoms with E-state index in [4.69, 9.17) is 4.74 Å². The zero-order valence-corrected chi connectivity index (χ0v) is 11.0. The number of thiazole rings is 1. The van der Waals surface area contributed by atoms with Crippen LogP contribution in [-0.2, 0) is 4.74 Å². The van der Waals surface area contributed by atoms with E-state index in [0.717, 1.165) is 19.6 Å². The number of rotatable bonds is 3. The van der Waals surface area contributed by atoms with Gasteiger partial charge in [-0.05, 0) is 27.2 Å². The van der Waals surface area contributed by atoms with Crippen LogP contribution in [0.5, 0.6) is 0 Å². The van der Waals surface area contributed by atoms with Crippen molar-refractivity contribution in [3.63, 3.8) is 0 Å². The first-order chi connectivity index (χ1) is 7.56. The van der Waals surface area contributed by atoms with Crippen LogP contribution in [0.25, 0.3) is 0 Å². The Morgan fingerprint density at radius 2 is 2.38 bits per heavy atom. The van der Waals surface area contributed by atoms with E-state index >= 15 is 0 Å². The SMILES string of the molecule is CC(C)(C)NCC1CCOC1c1cncs1. The maximum Gasteiger partial charge on any atom is 0.0973 e. The van der Waals surface area contributed by atoms with Gasteiger partial charge in [0.1, 0.15) is 0 Å². The van der Waals surface area contributed by atoms with Crippen LogP contribution in [0.1, 0.15) is 38.2 Å². The van der Waals surface area contributed by atoms with Crippen LogP contribution in [0, 0.1) is 5.92 Å². The molecule has 2 atom stereocenters. The second-order valence-corrected chi connectivity index (χ2v) is 6.29. The van der Waals surface area contributed by atoms with Gasteiger partial charge in [-0.1, -0.05) is 0 Å². The predicted molar refractivity (Wildman–Crippen MR) is 66.7 cm³/mol. The highest BCUT2D eigenvalue weighted by molar-refractivity contribution is 7.09. The molecule has 1 N–H and O–H groups in total. The molecule has 2 unspecified atom stereocenters. The Bertz CT molecular complexity index is 318. The minimum atomic E-state index is 0.181. The first-order valence-electron chi connectivity index (χ1n) is 5.81. The van der Waals surface area contributed by atoms with Gasteiger partial charge in [0.15, 0.2) is 0 Å². The maximum atomic E-state index is 5.81. The highest BCUT2D eigenvalue weighted by Gasteiger charge is 2.31. The molecule has 0 radical (unpaired) electrons. The summed E-state index contributed by atoms with van der Waals surface area (Å²) in [6.45, 7) is 8.49. The van der Waals surface area contributed by atoms with E-state index in [1.807, 2.05) is 11.7 Å². The van der Waals surface area contributed by atoms with Crippen molar-refractivity contribution < 1.29 is 4.74 Å². The average Bonchev–Trinajstić information content (AvgIpc) is 2.84. The van der Waals surface area contributed by atoms with Crippen molar-refractivity contribution in [1.82, 2.24) is 10.3 Å². The lowest BCUT2D eigenvalue weighted by Gasteiger charge is -2.25. The molecule has 4 heteroatoms. The molecule has 1 saturated heterocycles. The second kappa shape index (κ2) is 4.82. The summed E-state index contributed by atoms with van der Waals surface area (Å²) in [7, 11) is 0. The molecule has 0 bridgehead atoms. The molecular weight excluding hydrogens is 220 g/mol. The highest BCUT2D eigenvalue weighted by Crippen LogP contribution is 2.35. The summed E-state index contributed by atoms with van der Waals surface area (Å²) in [6, 6.07) is 0. The van der Waals surface area contributed by atoms with Gasteiger partial charge < -0.3 is 10.1 Å². The smallest absolute Gasteiger partial charge is 0.0973 e. The maximum absolute atomic E-state index is 5.81. The van der Waals surface area contributed by atoms with Gasteiger partial charge >= 0.3 is 0 Å². The van der Waals surface area contributed by atoms with Crippen LogP contribution in [0.15, 0.2) is 11.7 Å². The molecule has 1 fully saturated rings. The van der Waals surface area contributed by atoms with Crippen LogP contribution in [0.3, 0.4) is 0 Å². The second-order valence-electron chi connectivity index (χ2n) is 5.37. The number of hydrogen-bond acceptors (Lipinski definition) is 4. The van der Waals surface area contributed by atoms with Crippen LogP contribution in [0.2, 0.25) is 0 Å². The molecule has 90 valence electrons. The van der Waals surface area contributed by atoms with Gasteiger partial charge in [-0.25, -0.2) is 0 Å². The van der Waals surface area contributed by atoms with Gasteiger partial charge in [-0.3, -0.25) is 4.98 Å². The van der Waals surface area contributed by atoms with E-state index in [1.54, 1.807) is 11.3 Å². The van der Waals surface area contributed by atoms with Crippen molar-refractivity contribution in [2.45, 2.75) is 38.8 Å². The fraction of sp³-hybridized carbons (Fsp3) is 0.750. The first kappa shape index (κ1) is 12.0. The fourth-order valence-corrected chi connectivity index (χ4v) is 2.72. The summed E-state index contributed by atoms with van der Waals surface area (Å²) >= 11 is 1.69. The van der Waals surface area contributed by atoms with Crippen molar-refractivity contribution in [3.05, 3.63) is 16.6 Å². The van der Waals surface area contributed by atoms with Crippen molar-refractivity contribution >= 4 is 11.3 Å². The van der Waals surface area contributed by atoms with Gasteiger partial charge in [0.25, 0.3) is 0 Å². The number of nitrogens with one attached hydrogen (secondary N) is 1. The summed E-state index contributed by atoms with van der Waals surface area (Å²) in [5, 5.41) is 3.56. The van der Waals surface area contributed by atoms with Gasteiger partial charge in [0, 0.05) is 30.8 Å². The van der Waals surface area contributed by atoms with Crippen LogP contribution in [-0.4, -0.2) is 23.7 Å². The number of aromatic nitrogens is 1. The molecule has 0 saturated carbocycles. The van der Waals surface area contributed by atoms with E-state index in [9.17, 15) is 0 Å². The van der Waals surface area contributed by atoms with Gasteiger partial charge in [0.2, 0.25) is 0 Å². The molecule has 1 aliphatic rings. The Labute approximate surface area is 101 Å². The molecule has 16 heavy (non-hydrogen) atoms. The zero-order valence-electron chi connectivity index (χ0n) is 10.2. The quantitative estimate of drug-likeness (QED) is 0.882. The normalized spacial score (nSPS) is 26.2. The third kappa shape index (κ3) is 3.03. The predicted octanol–water partition coefficient (Wildman–Crippen LogP) is 2.61. The van der Waals surface area contributed by atoms with Crippen LogP contribution >= 0.6 is 11.3 Å². The minimum absolute atomic E-state index is 0.181. The fourth-order valence-electron chi connectivity index (χ4n) is 1.96. The van der Waals surface area contributed by atoms with E-state index in [-0.39, 0.29) is 11.6 Å². The molecule has 0 aliphatic carbocycles. The van der Waals surface area contributed by atoms with Crippen LogP contribution < -0.4 is 5.32 Å². The van der Waals surface area contributed by atoms with Crippen LogP contribution in [0.4, 0.5) is 0 Å². The summed E-state index contributed by atoms with van der Waals surface area (Å²) in [5.74, 6) is 0.583. The molecule has 1 aromatic heterocycles. The van der Waals surface area contributed by atoms with Crippen molar-refractivity contribution in [2.75, 3.05) is 13.2 Å². The Hall–Kier alpha value is -0.450. The lowest BCUT2D eigenvalue weighted by atomic mass is 9.99. The molecule has 1 aliphatic heterocycles. The van der Waals surface area contributed by atoms with Crippen molar-refractivity contribution in [2.24, 2.45) is 5.92 Å². The molecule has 2 heterocycles. The van der Waals surface area contributed by atoms with Crippen molar-refractivity contribution in [1.29, 1.82) is 0 Å². The molecule has 2 rings (SSSR count). The van der Waals surface area contributed by atoms with Gasteiger partial charge in [-0.2, -0.15) is 0 Å². The van der Waals surface area contributed by atoms with Gasteiger partial charge in [-0.15, -0.1) is 11.3 Å². The third-order valence-corrected chi connectivity index (χ3v) is 3.68. The molecule has 3 nitrogen and oxygen atoms in total. The topological polar surface area (TPSA) is 34.1 Å². The molecule has 1 aromatic rings. The Morgan fingerprint density at radius 3 is 3.00 bits per heavy atom. The first-order valence-corrected chi connectivity index (χ1v) is 6.69. The Morgan fingerprint density at radius 1 is 1.56 bits per heavy atom. The summed E-state index contributed by atoms with van der Waals surface area (Å²) < 4.78 is 5.81. The molecule has 0 spiro atoms. The molecule has 0 aromatic carbocycles. The summed E-state index contributed by atoms with van der Waals surface area (Å²) in [6.07, 6.45) is 3.33. The van der Waals surface area contributed by atoms with Gasteiger partial charge in [0.05, 0.1) is 16.5 Å². The van der Waals surface area contributed by atoms with Crippen molar-refractivity contribution in [3.8, 4) is 0 Å². The lowest BCUT2D eigenvalue weighted by molar-refractivity contribution is 0.0916. The standard InChI is InChI=1S/C12H20N2OS/c1-12(2,3)14-6-9-4-5-15-11(9)10-7-13-8-16-10/h7-9,11,14H,4-6H2,1-3H3. The van der Waals surface area contributed by atoms with E-state index in [2.05, 4.69) is 31.1 Å². The largest absolute Gasteiger partial charge is 0.372 e. The third-order valence-electron chi connectivity index (χ3n) is 2.84. The molecule has 0 amide bonds. The van der Waals surface area contributed by atoms with E-state index in [0.29, 0.717) is 5.92 Å². The van der Waals surface area contributed by atoms with E-state index < -0.39 is 0 Å². The monoisotopic (exact) mass is 240 g/mol. The molecular formula is C12H20N2OS. The Balaban J connectivity index is 1.94. The zero-order chi connectivity index (χ0) is 11.6. The minimum Gasteiger partial charge on any atom is -0.372 e. The number of nitrogens with zero attached hydrogens (tertiary/aromatic N) is 1. The highest BCUT2D eigenvalue weighted by atomic mass is 32.1. The lowest BCUT2D eigenvalue weighted by Crippen LogP contribution is -2.39. The summed E-state index contributed by atoms with van der Waals surface area (Å²) in [5.41, 5.74) is 2.06. The number of ether oxygens (including phenoxy) is 1. The number of hydrogen-bond donors (Lipinski definition) is 1.